The van der Waals surface area contributed by atoms with Crippen LogP contribution in [0.25, 0.3) is 0 Å². The Hall–Kier alpha value is -9.54. The van der Waals surface area contributed by atoms with E-state index < -0.39 is 46.4 Å². The van der Waals surface area contributed by atoms with Crippen LogP contribution in [0.2, 0.25) is 0 Å². The standard InChI is InChI=1S/C68H53N5O5S2/c1-2-3-12-33-50-46-79-64-59(63(75)73(64)60(50)65(76)77-61(48-29-13-4-14-30-48)49-31-15-5-16-32-49)70-62(74)58(72-78-68(54-40-23-9-24-41-54,55-42-25-10-26-43-55)56-44-27-11-28-45-56)57-47-80-66(69-57)71-67(51-34-17-6-18-35-51,52-36-19-7-20-37-52)53-38-21-8-22-39-53/h4-45,47,59,61,64H,46H2,1H3,(H,69,71)(H,70,74)/t59-,64-/m1/s1. The number of hydrogen-bond acceptors (Lipinski definition) is 10. The fourth-order valence-corrected chi connectivity index (χ4v) is 12.4. The van der Waals surface area contributed by atoms with Gasteiger partial charge in [0.25, 0.3) is 11.8 Å². The summed E-state index contributed by atoms with van der Waals surface area (Å²) in [6.07, 6.45) is 2.62. The maximum Gasteiger partial charge on any atom is 0.356 e. The van der Waals surface area contributed by atoms with Crippen LogP contribution in [0.1, 0.15) is 63.2 Å². The number of carbonyl (C=O) groups excluding carboxylic acids is 3. The Labute approximate surface area is 473 Å². The number of nitrogens with zero attached hydrogens (tertiary/aromatic N) is 3. The normalized spacial score (nSPS) is 15.3. The van der Waals surface area contributed by atoms with Gasteiger partial charge in [0.1, 0.15) is 28.3 Å². The minimum atomic E-state index is -1.37. The smallest absolute Gasteiger partial charge is 0.356 e. The van der Waals surface area contributed by atoms with Crippen LogP contribution in [0, 0.1) is 11.8 Å². The minimum Gasteiger partial charge on any atom is -0.448 e. The zero-order valence-corrected chi connectivity index (χ0v) is 45.1. The van der Waals surface area contributed by atoms with Gasteiger partial charge < -0.3 is 20.2 Å². The second kappa shape index (κ2) is 24.0. The van der Waals surface area contributed by atoms with Crippen LogP contribution in [0.3, 0.4) is 0 Å². The molecule has 80 heavy (non-hydrogen) atoms. The summed E-state index contributed by atoms with van der Waals surface area (Å²) >= 11 is 2.73. The highest BCUT2D eigenvalue weighted by Gasteiger charge is 2.55. The molecule has 8 aromatic carbocycles. The molecule has 2 aliphatic heterocycles. The number of thiazole rings is 1. The number of aromatic nitrogens is 1. The SMILES string of the molecule is CC#CC=CC1=C(C(=O)OC(c2ccccc2)c2ccccc2)N2C(=O)[C@@H](NC(=O)C(=NOC(c3ccccc3)(c3ccccc3)c3ccccc3)c3csc(NC(c4ccccc4)(c4ccccc4)c4ccccc4)n3)[C@H]2SC1. The van der Waals surface area contributed by atoms with Gasteiger partial charge in [-0.2, -0.15) is 0 Å². The molecule has 0 bridgehead atoms. The van der Waals surface area contributed by atoms with Crippen LogP contribution in [-0.4, -0.2) is 50.5 Å². The molecule has 2 atom stereocenters. The second-order valence-corrected chi connectivity index (χ2v) is 20.9. The molecule has 0 radical (unpaired) electrons. The summed E-state index contributed by atoms with van der Waals surface area (Å²) in [5.41, 5.74) is 5.03. The molecule has 1 saturated heterocycles. The fourth-order valence-electron chi connectivity index (χ4n) is 10.3. The van der Waals surface area contributed by atoms with Gasteiger partial charge in [-0.3, -0.25) is 14.5 Å². The first-order chi connectivity index (χ1) is 39.4. The number of amides is 2. The van der Waals surface area contributed by atoms with Gasteiger partial charge in [0, 0.05) is 27.8 Å². The third-order valence-electron chi connectivity index (χ3n) is 14.1. The minimum absolute atomic E-state index is 0.0832. The number of benzene rings is 8. The van der Waals surface area contributed by atoms with Crippen molar-refractivity contribution in [2.24, 2.45) is 5.16 Å². The van der Waals surface area contributed by atoms with E-state index in [0.29, 0.717) is 16.5 Å². The highest BCUT2D eigenvalue weighted by atomic mass is 32.2. The van der Waals surface area contributed by atoms with Crippen molar-refractivity contribution in [1.29, 1.82) is 0 Å². The Kier molecular flexibility index (Phi) is 15.8. The molecule has 2 aliphatic rings. The Balaban J connectivity index is 0.991. The number of carbonyl (C=O) groups is 3. The third kappa shape index (κ3) is 10.5. The zero-order chi connectivity index (χ0) is 54.7. The number of anilines is 1. The molecule has 1 fully saturated rings. The van der Waals surface area contributed by atoms with Gasteiger partial charge in [0.15, 0.2) is 16.9 Å². The van der Waals surface area contributed by atoms with Crippen molar-refractivity contribution in [2.45, 2.75) is 35.6 Å². The van der Waals surface area contributed by atoms with Crippen LogP contribution >= 0.6 is 23.1 Å². The van der Waals surface area contributed by atoms with Crippen LogP contribution in [0.5, 0.6) is 0 Å². The van der Waals surface area contributed by atoms with Crippen molar-refractivity contribution in [3.63, 3.8) is 0 Å². The molecule has 0 aliphatic carbocycles. The largest absolute Gasteiger partial charge is 0.448 e. The number of ether oxygens (including phenoxy) is 1. The van der Waals surface area contributed by atoms with E-state index in [1.807, 2.05) is 206 Å². The first kappa shape index (κ1) is 52.5. The number of β-lactam (4-membered cyclic amide) rings is 1. The Morgan fingerprint density at radius 2 is 1.09 bits per heavy atom. The summed E-state index contributed by atoms with van der Waals surface area (Å²) in [6, 6.07) is 77.6. The number of allylic oxidation sites excluding steroid dienone is 2. The Morgan fingerprint density at radius 1 is 0.650 bits per heavy atom. The molecule has 2 amide bonds. The highest BCUT2D eigenvalue weighted by molar-refractivity contribution is 8.00. The van der Waals surface area contributed by atoms with E-state index in [1.165, 1.54) is 28.0 Å². The number of nitrogens with one attached hydrogen (secondary N) is 2. The van der Waals surface area contributed by atoms with E-state index in [1.54, 1.807) is 24.5 Å². The van der Waals surface area contributed by atoms with Crippen molar-refractivity contribution in [2.75, 3.05) is 11.1 Å². The lowest BCUT2D eigenvalue weighted by atomic mass is 9.77. The number of oxime groups is 1. The summed E-state index contributed by atoms with van der Waals surface area (Å²) in [5, 5.41) is 13.3. The van der Waals surface area contributed by atoms with Crippen LogP contribution in [-0.2, 0) is 35.1 Å². The molecule has 11 rings (SSSR count). The number of hydrogen-bond donors (Lipinski definition) is 2. The lowest BCUT2D eigenvalue weighted by molar-refractivity contribution is -0.154. The first-order valence-electron chi connectivity index (χ1n) is 26.1. The topological polar surface area (TPSA) is 122 Å². The third-order valence-corrected chi connectivity index (χ3v) is 16.2. The van der Waals surface area contributed by atoms with Gasteiger partial charge in [-0.1, -0.05) is 254 Å². The van der Waals surface area contributed by atoms with Crippen LogP contribution in [0.15, 0.2) is 277 Å². The molecule has 392 valence electrons. The van der Waals surface area contributed by atoms with Crippen molar-refractivity contribution in [1.82, 2.24) is 15.2 Å². The Morgan fingerprint density at radius 3 is 1.54 bits per heavy atom. The number of rotatable bonds is 18. The number of thioether (sulfide) groups is 1. The molecule has 12 heteroatoms. The quantitative estimate of drug-likeness (QED) is 0.0218. The zero-order valence-electron chi connectivity index (χ0n) is 43.5. The maximum atomic E-state index is 15.5. The van der Waals surface area contributed by atoms with Gasteiger partial charge >= 0.3 is 5.97 Å². The van der Waals surface area contributed by atoms with E-state index in [0.717, 1.165) is 44.5 Å². The predicted molar refractivity (Wildman–Crippen MR) is 317 cm³/mol. The lowest BCUT2D eigenvalue weighted by Gasteiger charge is -2.49. The second-order valence-electron chi connectivity index (χ2n) is 18.9. The maximum absolute atomic E-state index is 15.5. The molecule has 9 aromatic rings. The monoisotopic (exact) mass is 1080 g/mol. The lowest BCUT2D eigenvalue weighted by Crippen LogP contribution is -2.71. The molecule has 0 unspecified atom stereocenters. The van der Waals surface area contributed by atoms with Gasteiger partial charge in [0.2, 0.25) is 5.60 Å². The Bertz CT molecular complexity index is 3530. The molecule has 10 nitrogen and oxygen atoms in total. The van der Waals surface area contributed by atoms with Gasteiger partial charge in [0.05, 0.1) is 0 Å². The van der Waals surface area contributed by atoms with Crippen molar-refractivity contribution in [3.05, 3.63) is 322 Å². The predicted octanol–water partition coefficient (Wildman–Crippen LogP) is 12.8. The van der Waals surface area contributed by atoms with Gasteiger partial charge in [-0.25, -0.2) is 9.78 Å². The van der Waals surface area contributed by atoms with Crippen LogP contribution < -0.4 is 10.6 Å². The average Bonchev–Trinajstić information content (AvgIpc) is 4.03. The number of fused-ring (bicyclic) bond motifs is 1. The van der Waals surface area contributed by atoms with Gasteiger partial charge in [-0.15, -0.1) is 29.0 Å². The first-order valence-corrected chi connectivity index (χ1v) is 28.0. The van der Waals surface area contributed by atoms with Crippen molar-refractivity contribution >= 4 is 51.7 Å². The molecular formula is C68H53N5O5S2. The summed E-state index contributed by atoms with van der Waals surface area (Å²) in [4.78, 5) is 58.7. The van der Waals surface area contributed by atoms with E-state index in [2.05, 4.69) is 58.9 Å². The van der Waals surface area contributed by atoms with E-state index in [-0.39, 0.29) is 17.1 Å². The molecule has 3 heterocycles. The molecule has 1 aromatic heterocycles. The van der Waals surface area contributed by atoms with Crippen molar-refractivity contribution < 1.29 is 24.0 Å². The molecule has 2 N–H and O–H groups in total. The van der Waals surface area contributed by atoms with E-state index in [9.17, 15) is 9.59 Å². The summed E-state index contributed by atoms with van der Waals surface area (Å²) in [6.45, 7) is 1.72. The van der Waals surface area contributed by atoms with Crippen LogP contribution in [0.4, 0.5) is 5.13 Å². The molecule has 0 saturated carbocycles. The van der Waals surface area contributed by atoms with E-state index >= 15 is 4.79 Å². The summed E-state index contributed by atoms with van der Waals surface area (Å²) in [7, 11) is 0. The van der Waals surface area contributed by atoms with E-state index in [4.69, 9.17) is 19.7 Å². The molecular weight excluding hydrogens is 1030 g/mol. The van der Waals surface area contributed by atoms with Gasteiger partial charge in [-0.05, 0) is 52.5 Å². The summed E-state index contributed by atoms with van der Waals surface area (Å²) < 4.78 is 6.40. The fraction of sp³-hybridized carbons (Fsp3) is 0.103. The average molecular weight is 1080 g/mol. The van der Waals surface area contributed by atoms with Crippen molar-refractivity contribution in [3.8, 4) is 11.8 Å². The summed E-state index contributed by atoms with van der Waals surface area (Å²) in [5.74, 6) is 4.21. The number of esters is 1. The molecule has 0 spiro atoms. The highest BCUT2D eigenvalue weighted by Crippen LogP contribution is 2.45.